The Morgan fingerprint density at radius 3 is 3.05 bits per heavy atom. The summed E-state index contributed by atoms with van der Waals surface area (Å²) in [5.41, 5.74) is 0.687. The SMILES string of the molecule is Cl.OC[C@@H]1C[C@@H]2CNCCN2c2cc(F)cc(Cl)c2O1. The molecular weight excluding hydrogens is 306 g/mol. The predicted molar refractivity (Wildman–Crippen MR) is 78.8 cm³/mol. The van der Waals surface area contributed by atoms with Crippen LogP contribution in [0.5, 0.6) is 5.75 Å². The zero-order chi connectivity index (χ0) is 13.4. The van der Waals surface area contributed by atoms with E-state index < -0.39 is 0 Å². The summed E-state index contributed by atoms with van der Waals surface area (Å²) in [7, 11) is 0. The highest BCUT2D eigenvalue weighted by molar-refractivity contribution is 6.32. The third-order valence-corrected chi connectivity index (χ3v) is 3.95. The van der Waals surface area contributed by atoms with E-state index in [0.717, 1.165) is 19.6 Å². The van der Waals surface area contributed by atoms with Crippen LogP contribution in [0.3, 0.4) is 0 Å². The van der Waals surface area contributed by atoms with Crippen molar-refractivity contribution >= 4 is 29.7 Å². The highest BCUT2D eigenvalue weighted by Crippen LogP contribution is 2.41. The summed E-state index contributed by atoms with van der Waals surface area (Å²) in [6.07, 6.45) is 0.382. The van der Waals surface area contributed by atoms with Gasteiger partial charge in [0, 0.05) is 38.2 Å². The summed E-state index contributed by atoms with van der Waals surface area (Å²) < 4.78 is 19.4. The molecule has 0 saturated carbocycles. The van der Waals surface area contributed by atoms with E-state index in [1.807, 2.05) is 0 Å². The lowest BCUT2D eigenvalue weighted by Gasteiger charge is -2.37. The van der Waals surface area contributed by atoms with Crippen LogP contribution in [0, 0.1) is 5.82 Å². The van der Waals surface area contributed by atoms with Crippen LogP contribution >= 0.6 is 24.0 Å². The maximum atomic E-state index is 13.6. The van der Waals surface area contributed by atoms with E-state index in [1.54, 1.807) is 0 Å². The minimum Gasteiger partial charge on any atom is -0.484 e. The Bertz CT molecular complexity index is 490. The summed E-state index contributed by atoms with van der Waals surface area (Å²) in [4.78, 5) is 2.12. The number of halogens is 3. The number of rotatable bonds is 1. The monoisotopic (exact) mass is 322 g/mol. The molecule has 2 aliphatic heterocycles. The molecule has 20 heavy (non-hydrogen) atoms. The van der Waals surface area contributed by atoms with Crippen molar-refractivity contribution in [2.45, 2.75) is 18.6 Å². The lowest BCUT2D eigenvalue weighted by Crippen LogP contribution is -2.52. The van der Waals surface area contributed by atoms with Crippen LogP contribution in [-0.4, -0.2) is 43.5 Å². The van der Waals surface area contributed by atoms with E-state index >= 15 is 0 Å². The number of aliphatic hydroxyl groups is 1. The Balaban J connectivity index is 0.00000147. The summed E-state index contributed by atoms with van der Waals surface area (Å²) in [6.45, 7) is 2.34. The molecule has 0 amide bonds. The average molecular weight is 323 g/mol. The number of hydrogen-bond donors (Lipinski definition) is 2. The Hall–Kier alpha value is -0.750. The molecule has 1 saturated heterocycles. The van der Waals surface area contributed by atoms with Gasteiger partial charge < -0.3 is 20.1 Å². The lowest BCUT2D eigenvalue weighted by molar-refractivity contribution is 0.107. The second-order valence-electron chi connectivity index (χ2n) is 4.95. The van der Waals surface area contributed by atoms with Crippen LogP contribution < -0.4 is 15.0 Å². The molecule has 0 aliphatic carbocycles. The fourth-order valence-electron chi connectivity index (χ4n) is 2.80. The molecule has 0 unspecified atom stereocenters. The molecule has 1 aromatic rings. The van der Waals surface area contributed by atoms with Crippen molar-refractivity contribution in [3.8, 4) is 5.75 Å². The minimum absolute atomic E-state index is 0. The number of piperazine rings is 1. The standard InChI is InChI=1S/C13H16ClFN2O2.ClH/c14-11-3-8(15)4-12-13(11)19-10(7-18)5-9-6-16-1-2-17(9)12;/h3-4,9-10,16,18H,1-2,5-7H2;1H/t9-,10+;/m1./s1. The summed E-state index contributed by atoms with van der Waals surface area (Å²) >= 11 is 6.08. The highest BCUT2D eigenvalue weighted by atomic mass is 35.5. The van der Waals surface area contributed by atoms with Gasteiger partial charge >= 0.3 is 0 Å². The number of fused-ring (bicyclic) bond motifs is 3. The lowest BCUT2D eigenvalue weighted by atomic mass is 10.1. The second-order valence-corrected chi connectivity index (χ2v) is 5.35. The molecule has 0 radical (unpaired) electrons. The summed E-state index contributed by atoms with van der Waals surface area (Å²) in [6, 6.07) is 2.89. The van der Waals surface area contributed by atoms with E-state index in [0.29, 0.717) is 17.9 Å². The highest BCUT2D eigenvalue weighted by Gasteiger charge is 2.33. The van der Waals surface area contributed by atoms with Crippen molar-refractivity contribution in [2.75, 3.05) is 31.1 Å². The van der Waals surface area contributed by atoms with Gasteiger partial charge in [0.15, 0.2) is 5.75 Å². The first kappa shape index (κ1) is 15.6. The topological polar surface area (TPSA) is 44.7 Å². The van der Waals surface area contributed by atoms with Gasteiger partial charge in [-0.15, -0.1) is 12.4 Å². The van der Waals surface area contributed by atoms with Crippen molar-refractivity contribution in [3.05, 3.63) is 23.0 Å². The van der Waals surface area contributed by atoms with E-state index in [1.165, 1.54) is 12.1 Å². The van der Waals surface area contributed by atoms with Crippen molar-refractivity contribution in [3.63, 3.8) is 0 Å². The Labute approximate surface area is 128 Å². The van der Waals surface area contributed by atoms with E-state index in [9.17, 15) is 9.50 Å². The molecule has 2 atom stereocenters. The van der Waals surface area contributed by atoms with Gasteiger partial charge in [0.25, 0.3) is 0 Å². The van der Waals surface area contributed by atoms with E-state index in [2.05, 4.69) is 10.2 Å². The van der Waals surface area contributed by atoms with Crippen LogP contribution in [0.4, 0.5) is 10.1 Å². The third-order valence-electron chi connectivity index (χ3n) is 3.67. The fraction of sp³-hybridized carbons (Fsp3) is 0.538. The molecule has 7 heteroatoms. The van der Waals surface area contributed by atoms with E-state index in [-0.39, 0.29) is 42.0 Å². The van der Waals surface area contributed by atoms with Gasteiger partial charge in [-0.1, -0.05) is 11.6 Å². The minimum atomic E-state index is -0.368. The first-order valence-corrected chi connectivity index (χ1v) is 6.80. The second kappa shape index (κ2) is 6.35. The molecule has 1 fully saturated rings. The quantitative estimate of drug-likeness (QED) is 0.828. The molecule has 2 N–H and O–H groups in total. The number of nitrogens with zero attached hydrogens (tertiary/aromatic N) is 1. The number of benzene rings is 1. The van der Waals surface area contributed by atoms with Gasteiger partial charge in [-0.3, -0.25) is 0 Å². The van der Waals surface area contributed by atoms with Gasteiger partial charge in [0.1, 0.15) is 11.9 Å². The molecule has 0 spiro atoms. The van der Waals surface area contributed by atoms with Crippen LogP contribution in [0.2, 0.25) is 5.02 Å². The zero-order valence-electron chi connectivity index (χ0n) is 10.8. The molecule has 1 aromatic carbocycles. The molecule has 2 heterocycles. The van der Waals surface area contributed by atoms with Crippen molar-refractivity contribution in [2.24, 2.45) is 0 Å². The molecule has 4 nitrogen and oxygen atoms in total. The Morgan fingerprint density at radius 1 is 1.50 bits per heavy atom. The number of anilines is 1. The first-order valence-electron chi connectivity index (χ1n) is 6.43. The predicted octanol–water partition coefficient (Wildman–Crippen LogP) is 1.82. The Kier molecular flexibility index (Phi) is 4.96. The van der Waals surface area contributed by atoms with Gasteiger partial charge in [-0.2, -0.15) is 0 Å². The van der Waals surface area contributed by atoms with Crippen molar-refractivity contribution in [1.29, 1.82) is 0 Å². The van der Waals surface area contributed by atoms with Gasteiger partial charge in [-0.25, -0.2) is 4.39 Å². The number of hydrogen-bond acceptors (Lipinski definition) is 4. The fourth-order valence-corrected chi connectivity index (χ4v) is 3.04. The van der Waals surface area contributed by atoms with Crippen molar-refractivity contribution < 1.29 is 14.2 Å². The van der Waals surface area contributed by atoms with Gasteiger partial charge in [0.05, 0.1) is 17.3 Å². The average Bonchev–Trinajstić information content (AvgIpc) is 2.56. The molecular formula is C13H17Cl2FN2O2. The van der Waals surface area contributed by atoms with Crippen LogP contribution in [0.1, 0.15) is 6.42 Å². The number of ether oxygens (including phenoxy) is 1. The zero-order valence-corrected chi connectivity index (χ0v) is 12.4. The molecule has 112 valence electrons. The first-order chi connectivity index (χ1) is 9.19. The Morgan fingerprint density at radius 2 is 2.30 bits per heavy atom. The summed E-state index contributed by atoms with van der Waals surface area (Å²) in [5.74, 6) is 0.110. The maximum Gasteiger partial charge on any atom is 0.161 e. The van der Waals surface area contributed by atoms with Crippen LogP contribution in [0.25, 0.3) is 0 Å². The van der Waals surface area contributed by atoms with Gasteiger partial charge in [-0.05, 0) is 6.07 Å². The summed E-state index contributed by atoms with van der Waals surface area (Å²) in [5, 5.41) is 13.0. The van der Waals surface area contributed by atoms with Crippen LogP contribution in [0.15, 0.2) is 12.1 Å². The maximum absolute atomic E-state index is 13.6. The normalized spacial score (nSPS) is 24.9. The smallest absolute Gasteiger partial charge is 0.161 e. The molecule has 2 aliphatic rings. The molecule has 0 bridgehead atoms. The number of nitrogens with one attached hydrogen (secondary N) is 1. The largest absolute Gasteiger partial charge is 0.484 e. The van der Waals surface area contributed by atoms with Gasteiger partial charge in [0.2, 0.25) is 0 Å². The molecule has 3 rings (SSSR count). The molecule has 0 aromatic heterocycles. The number of aliphatic hydroxyl groups excluding tert-OH is 1. The van der Waals surface area contributed by atoms with Crippen LogP contribution in [-0.2, 0) is 0 Å². The van der Waals surface area contributed by atoms with Crippen molar-refractivity contribution in [1.82, 2.24) is 5.32 Å². The third kappa shape index (κ3) is 2.81. The van der Waals surface area contributed by atoms with E-state index in [4.69, 9.17) is 16.3 Å².